The van der Waals surface area contributed by atoms with E-state index in [1.807, 2.05) is 0 Å². The summed E-state index contributed by atoms with van der Waals surface area (Å²) in [6, 6.07) is 3.49. The van der Waals surface area contributed by atoms with Crippen LogP contribution in [0, 0.1) is 0 Å². The molecule has 1 aliphatic rings. The number of nitrogens with one attached hydrogen (secondary N) is 2. The van der Waals surface area contributed by atoms with Gasteiger partial charge in [0.2, 0.25) is 5.95 Å². The number of sulfonamides is 1. The molecule has 0 atom stereocenters. The van der Waals surface area contributed by atoms with E-state index in [9.17, 15) is 22.0 Å². The molecule has 13 heteroatoms. The van der Waals surface area contributed by atoms with E-state index < -0.39 is 33.3 Å². The molecule has 0 aliphatic heterocycles. The van der Waals surface area contributed by atoms with Crippen molar-refractivity contribution >= 4 is 22.0 Å². The molecule has 29 heavy (non-hydrogen) atoms. The number of urea groups is 1. The fraction of sp³-hybridized carbons (Fsp3) is 0.375. The molecule has 0 bridgehead atoms. The molecule has 2 aromatic rings. The minimum Gasteiger partial charge on any atom is -0.464 e. The first-order chi connectivity index (χ1) is 13.8. The summed E-state index contributed by atoms with van der Waals surface area (Å²) < 4.78 is 60.9. The predicted molar refractivity (Wildman–Crippen MR) is 95.4 cm³/mol. The van der Waals surface area contributed by atoms with E-state index >= 15 is 0 Å². The highest BCUT2D eigenvalue weighted by molar-refractivity contribution is 7.90. The van der Waals surface area contributed by atoms with Gasteiger partial charge in [0.1, 0.15) is 16.5 Å². The number of alkyl halides is 2. The van der Waals surface area contributed by atoms with Crippen LogP contribution < -0.4 is 19.5 Å². The number of carbonyl (C=O) groups excluding carboxylic acids is 1. The number of anilines is 1. The molecule has 2 N–H and O–H groups in total. The lowest BCUT2D eigenvalue weighted by Gasteiger charge is -2.12. The minimum atomic E-state index is -4.51. The molecule has 1 aromatic heterocycles. The van der Waals surface area contributed by atoms with Crippen molar-refractivity contribution < 1.29 is 31.5 Å². The lowest BCUT2D eigenvalue weighted by Crippen LogP contribution is -2.35. The summed E-state index contributed by atoms with van der Waals surface area (Å²) in [5.74, 6) is -0.243. The first-order valence-corrected chi connectivity index (χ1v) is 10.0. The van der Waals surface area contributed by atoms with Gasteiger partial charge >= 0.3 is 18.7 Å². The maximum absolute atomic E-state index is 12.5. The Morgan fingerprint density at radius 2 is 1.97 bits per heavy atom. The second-order valence-corrected chi connectivity index (χ2v) is 7.54. The Balaban J connectivity index is 1.77. The third-order valence-electron chi connectivity index (χ3n) is 3.66. The Labute approximate surface area is 164 Å². The summed E-state index contributed by atoms with van der Waals surface area (Å²) >= 11 is 0. The molecule has 156 valence electrons. The minimum absolute atomic E-state index is 0.00163. The van der Waals surface area contributed by atoms with Gasteiger partial charge < -0.3 is 9.47 Å². The third-order valence-corrected chi connectivity index (χ3v) is 5.03. The molecule has 0 radical (unpaired) electrons. The van der Waals surface area contributed by atoms with Crippen molar-refractivity contribution in [1.82, 2.24) is 19.7 Å². The molecule has 1 saturated carbocycles. The molecule has 1 aliphatic carbocycles. The van der Waals surface area contributed by atoms with Crippen molar-refractivity contribution in [2.75, 3.05) is 11.9 Å². The third kappa shape index (κ3) is 5.47. The largest absolute Gasteiger partial charge is 0.464 e. The first-order valence-electron chi connectivity index (χ1n) is 8.55. The van der Waals surface area contributed by atoms with Gasteiger partial charge in [-0.3, -0.25) is 5.32 Å². The van der Waals surface area contributed by atoms with Gasteiger partial charge in [0.05, 0.1) is 6.61 Å². The Morgan fingerprint density at radius 1 is 1.24 bits per heavy atom. The van der Waals surface area contributed by atoms with E-state index in [-0.39, 0.29) is 24.5 Å². The van der Waals surface area contributed by atoms with Crippen molar-refractivity contribution in [3.63, 3.8) is 0 Å². The maximum atomic E-state index is 12.5. The summed E-state index contributed by atoms with van der Waals surface area (Å²) in [5.41, 5.74) is 0. The number of hydrogen-bond donors (Lipinski definition) is 2. The molecule has 0 spiro atoms. The Bertz CT molecular complexity index is 1000. The van der Waals surface area contributed by atoms with Crippen LogP contribution in [0.5, 0.6) is 11.8 Å². The average Bonchev–Trinajstić information content (AvgIpc) is 3.46. The van der Waals surface area contributed by atoms with Crippen molar-refractivity contribution in [3.05, 3.63) is 30.1 Å². The summed E-state index contributed by atoms with van der Waals surface area (Å²) in [7, 11) is -4.51. The van der Waals surface area contributed by atoms with E-state index in [0.717, 1.165) is 25.0 Å². The van der Waals surface area contributed by atoms with Crippen LogP contribution in [0.25, 0.3) is 0 Å². The van der Waals surface area contributed by atoms with Crippen molar-refractivity contribution in [2.45, 2.75) is 37.2 Å². The number of hydrogen-bond acceptors (Lipinski definition) is 8. The lowest BCUT2D eigenvalue weighted by atomic mass is 10.3. The SMILES string of the molecule is CCOc1nc(NC(=O)NS(=O)(=O)c2ccccc2OC(F)F)nc(C2CC2)n1. The van der Waals surface area contributed by atoms with Crippen molar-refractivity contribution in [3.8, 4) is 11.8 Å². The summed E-state index contributed by atoms with van der Waals surface area (Å²) in [5, 5.41) is 2.19. The van der Waals surface area contributed by atoms with Gasteiger partial charge in [-0.05, 0) is 31.9 Å². The monoisotopic (exact) mass is 429 g/mol. The average molecular weight is 429 g/mol. The number of halogens is 2. The van der Waals surface area contributed by atoms with E-state index in [4.69, 9.17) is 4.74 Å². The molecule has 1 aromatic carbocycles. The number of ether oxygens (including phenoxy) is 2. The zero-order chi connectivity index (χ0) is 21.0. The van der Waals surface area contributed by atoms with Crippen LogP contribution in [0.1, 0.15) is 31.5 Å². The molecule has 0 saturated heterocycles. The van der Waals surface area contributed by atoms with Crippen LogP contribution in [-0.4, -0.2) is 42.6 Å². The second-order valence-electron chi connectivity index (χ2n) is 5.89. The Morgan fingerprint density at radius 3 is 2.62 bits per heavy atom. The highest BCUT2D eigenvalue weighted by atomic mass is 32.2. The number of aromatic nitrogens is 3. The van der Waals surface area contributed by atoms with Crippen LogP contribution in [0.4, 0.5) is 19.5 Å². The summed E-state index contributed by atoms with van der Waals surface area (Å²) in [4.78, 5) is 23.7. The molecule has 0 unspecified atom stereocenters. The quantitative estimate of drug-likeness (QED) is 0.653. The zero-order valence-electron chi connectivity index (χ0n) is 15.1. The number of rotatable bonds is 8. The van der Waals surface area contributed by atoms with Crippen molar-refractivity contribution in [1.29, 1.82) is 0 Å². The van der Waals surface area contributed by atoms with Gasteiger partial charge in [-0.25, -0.2) is 17.9 Å². The molecule has 2 amide bonds. The van der Waals surface area contributed by atoms with E-state index in [0.29, 0.717) is 5.82 Å². The fourth-order valence-electron chi connectivity index (χ4n) is 2.32. The van der Waals surface area contributed by atoms with Crippen LogP contribution in [-0.2, 0) is 10.0 Å². The number of carbonyl (C=O) groups is 1. The van der Waals surface area contributed by atoms with Crippen LogP contribution >= 0.6 is 0 Å². The highest BCUT2D eigenvalue weighted by Gasteiger charge is 2.29. The predicted octanol–water partition coefficient (Wildman–Crippen LogP) is 2.26. The molecule has 1 fully saturated rings. The first kappa shape index (κ1) is 20.6. The summed E-state index contributed by atoms with van der Waals surface area (Å²) in [6.45, 7) is -1.22. The van der Waals surface area contributed by atoms with Crippen LogP contribution in [0.2, 0.25) is 0 Å². The van der Waals surface area contributed by atoms with Gasteiger partial charge in [-0.1, -0.05) is 12.1 Å². The molecule has 10 nitrogen and oxygen atoms in total. The molecular formula is C16H17F2N5O5S. The smallest absolute Gasteiger partial charge is 0.387 e. The Hall–Kier alpha value is -3.09. The van der Waals surface area contributed by atoms with E-state index in [1.54, 1.807) is 11.6 Å². The Kier molecular flexibility index (Phi) is 6.06. The van der Waals surface area contributed by atoms with Crippen molar-refractivity contribution in [2.24, 2.45) is 0 Å². The van der Waals surface area contributed by atoms with Crippen LogP contribution in [0.15, 0.2) is 29.2 Å². The number of benzene rings is 1. The van der Waals surface area contributed by atoms with Gasteiger partial charge in [0, 0.05) is 5.92 Å². The van der Waals surface area contributed by atoms with Gasteiger partial charge in [0.25, 0.3) is 10.0 Å². The number of amides is 2. The number of para-hydroxylation sites is 1. The standard InChI is InChI=1S/C16H17F2N5O5S/c1-2-27-16-20-12(9-7-8-9)19-14(22-16)21-15(24)23-29(25,26)11-6-4-3-5-10(11)28-13(17)18/h3-6,9,13H,2,7-8H2,1H3,(H2,19,20,21,22,23,24). The van der Waals surface area contributed by atoms with E-state index in [1.165, 1.54) is 12.1 Å². The molecule has 1 heterocycles. The fourth-order valence-corrected chi connectivity index (χ4v) is 3.36. The topological polar surface area (TPSA) is 132 Å². The maximum Gasteiger partial charge on any atom is 0.387 e. The normalized spacial score (nSPS) is 13.8. The van der Waals surface area contributed by atoms with Gasteiger partial charge in [-0.15, -0.1) is 0 Å². The number of nitrogens with zero attached hydrogens (tertiary/aromatic N) is 3. The van der Waals surface area contributed by atoms with Gasteiger partial charge in [-0.2, -0.15) is 23.7 Å². The van der Waals surface area contributed by atoms with Gasteiger partial charge in [0.15, 0.2) is 0 Å². The van der Waals surface area contributed by atoms with Crippen LogP contribution in [0.3, 0.4) is 0 Å². The zero-order valence-corrected chi connectivity index (χ0v) is 15.9. The summed E-state index contributed by atoms with van der Waals surface area (Å²) in [6.07, 6.45) is 1.77. The van der Waals surface area contributed by atoms with E-state index in [2.05, 4.69) is 25.0 Å². The highest BCUT2D eigenvalue weighted by Crippen LogP contribution is 2.38. The second kappa shape index (κ2) is 8.51. The lowest BCUT2D eigenvalue weighted by molar-refractivity contribution is -0.0517. The molecule has 3 rings (SSSR count). The molecular weight excluding hydrogens is 412 g/mol.